The van der Waals surface area contributed by atoms with Gasteiger partial charge in [0.25, 0.3) is 0 Å². The number of hydrogen-bond donors (Lipinski definition) is 1. The van der Waals surface area contributed by atoms with Crippen molar-refractivity contribution in [2.45, 2.75) is 65.8 Å². The maximum Gasteiger partial charge on any atom is 0.00980 e. The van der Waals surface area contributed by atoms with E-state index in [4.69, 9.17) is 5.73 Å². The van der Waals surface area contributed by atoms with Gasteiger partial charge in [-0.05, 0) is 30.1 Å². The normalized spacial score (nSPS) is 31.6. The molecule has 1 nitrogen and oxygen atoms in total. The van der Waals surface area contributed by atoms with E-state index in [-0.39, 0.29) is 0 Å². The molecule has 15 heavy (non-hydrogen) atoms. The van der Waals surface area contributed by atoms with Gasteiger partial charge < -0.3 is 5.73 Å². The highest BCUT2D eigenvalue weighted by molar-refractivity contribution is 4.86. The van der Waals surface area contributed by atoms with E-state index < -0.39 is 0 Å². The predicted molar refractivity (Wildman–Crippen MR) is 67.7 cm³/mol. The fourth-order valence-corrected chi connectivity index (χ4v) is 3.08. The Morgan fingerprint density at radius 1 is 1.13 bits per heavy atom. The quantitative estimate of drug-likeness (QED) is 0.751. The molecular formula is C14H29N. The molecule has 0 saturated heterocycles. The summed E-state index contributed by atoms with van der Waals surface area (Å²) in [5.74, 6) is 3.08. The fourth-order valence-electron chi connectivity index (χ4n) is 3.08. The zero-order valence-corrected chi connectivity index (χ0v) is 11.0. The summed E-state index contributed by atoms with van der Waals surface area (Å²) in [5, 5.41) is 0. The summed E-state index contributed by atoms with van der Waals surface area (Å²) in [6.07, 6.45) is 6.94. The van der Waals surface area contributed by atoms with E-state index in [0.717, 1.165) is 17.8 Å². The van der Waals surface area contributed by atoms with Gasteiger partial charge in [-0.15, -0.1) is 0 Å². The average Bonchev–Trinajstić information content (AvgIpc) is 2.26. The third-order valence-electron chi connectivity index (χ3n) is 4.65. The summed E-state index contributed by atoms with van der Waals surface area (Å²) < 4.78 is 0. The molecule has 0 heterocycles. The first kappa shape index (κ1) is 13.0. The molecule has 4 unspecified atom stereocenters. The number of nitrogens with two attached hydrogens (primary N) is 1. The van der Waals surface area contributed by atoms with Crippen molar-refractivity contribution in [3.05, 3.63) is 0 Å². The lowest BCUT2D eigenvalue weighted by molar-refractivity contribution is 0.149. The predicted octanol–water partition coefficient (Wildman–Crippen LogP) is 3.82. The van der Waals surface area contributed by atoms with E-state index in [1.165, 1.54) is 32.1 Å². The van der Waals surface area contributed by atoms with Crippen LogP contribution in [0.25, 0.3) is 0 Å². The molecule has 1 saturated carbocycles. The van der Waals surface area contributed by atoms with E-state index in [1.807, 2.05) is 0 Å². The molecule has 1 heteroatoms. The summed E-state index contributed by atoms with van der Waals surface area (Å²) in [7, 11) is 0. The zero-order valence-electron chi connectivity index (χ0n) is 11.0. The van der Waals surface area contributed by atoms with E-state index in [2.05, 4.69) is 27.7 Å². The molecule has 90 valence electrons. The largest absolute Gasteiger partial charge is 0.327 e. The minimum Gasteiger partial charge on any atom is -0.327 e. The lowest BCUT2D eigenvalue weighted by Crippen LogP contribution is -2.43. The maximum absolute atomic E-state index is 6.46. The van der Waals surface area contributed by atoms with Gasteiger partial charge >= 0.3 is 0 Å². The van der Waals surface area contributed by atoms with Crippen molar-refractivity contribution >= 4 is 0 Å². The van der Waals surface area contributed by atoms with Crippen LogP contribution < -0.4 is 5.73 Å². The van der Waals surface area contributed by atoms with Crippen LogP contribution in [0.1, 0.15) is 59.8 Å². The third-order valence-corrected chi connectivity index (χ3v) is 4.65. The molecule has 0 aliphatic heterocycles. The van der Waals surface area contributed by atoms with Gasteiger partial charge in [-0.1, -0.05) is 53.4 Å². The smallest absolute Gasteiger partial charge is 0.00980 e. The van der Waals surface area contributed by atoms with Gasteiger partial charge in [0.2, 0.25) is 0 Å². The summed E-state index contributed by atoms with van der Waals surface area (Å²) in [5.41, 5.74) is 6.46. The molecule has 1 aliphatic carbocycles. The molecular weight excluding hydrogens is 182 g/mol. The first-order valence-corrected chi connectivity index (χ1v) is 6.83. The zero-order chi connectivity index (χ0) is 11.4. The van der Waals surface area contributed by atoms with Crippen molar-refractivity contribution in [3.8, 4) is 0 Å². The Balaban J connectivity index is 2.58. The Morgan fingerprint density at radius 3 is 2.27 bits per heavy atom. The van der Waals surface area contributed by atoms with E-state index >= 15 is 0 Å². The van der Waals surface area contributed by atoms with Crippen LogP contribution in [0, 0.1) is 23.7 Å². The Kier molecular flexibility index (Phi) is 5.11. The van der Waals surface area contributed by atoms with Crippen molar-refractivity contribution in [3.63, 3.8) is 0 Å². The van der Waals surface area contributed by atoms with Gasteiger partial charge in [-0.3, -0.25) is 0 Å². The van der Waals surface area contributed by atoms with Crippen LogP contribution >= 0.6 is 0 Å². The van der Waals surface area contributed by atoms with Crippen LogP contribution in [0.15, 0.2) is 0 Å². The monoisotopic (exact) mass is 211 g/mol. The fraction of sp³-hybridized carbons (Fsp3) is 1.00. The van der Waals surface area contributed by atoms with Crippen LogP contribution in [0.4, 0.5) is 0 Å². The van der Waals surface area contributed by atoms with Crippen molar-refractivity contribution < 1.29 is 0 Å². The van der Waals surface area contributed by atoms with Crippen molar-refractivity contribution in [1.82, 2.24) is 0 Å². The van der Waals surface area contributed by atoms with Crippen LogP contribution in [0.5, 0.6) is 0 Å². The van der Waals surface area contributed by atoms with Gasteiger partial charge in [0, 0.05) is 6.04 Å². The highest BCUT2D eigenvalue weighted by atomic mass is 14.7. The first-order chi connectivity index (χ1) is 7.07. The molecule has 0 aromatic rings. The lowest BCUT2D eigenvalue weighted by Gasteiger charge is -2.39. The molecule has 0 amide bonds. The Bertz CT molecular complexity index is 176. The molecule has 0 radical (unpaired) electrons. The van der Waals surface area contributed by atoms with E-state index in [9.17, 15) is 0 Å². The number of hydrogen-bond acceptors (Lipinski definition) is 1. The second kappa shape index (κ2) is 5.89. The Hall–Kier alpha value is -0.0400. The molecule has 1 fully saturated rings. The second-order valence-corrected chi connectivity index (χ2v) is 5.80. The van der Waals surface area contributed by atoms with E-state index in [1.54, 1.807) is 0 Å². The summed E-state index contributed by atoms with van der Waals surface area (Å²) in [6, 6.07) is 0.426. The van der Waals surface area contributed by atoms with Gasteiger partial charge in [-0.2, -0.15) is 0 Å². The SMILES string of the molecule is CCC1CCCCC1C(N)C(C)C(C)C. The summed E-state index contributed by atoms with van der Waals surface area (Å²) in [4.78, 5) is 0. The Morgan fingerprint density at radius 2 is 1.73 bits per heavy atom. The van der Waals surface area contributed by atoms with Gasteiger partial charge in [0.15, 0.2) is 0 Å². The number of rotatable bonds is 4. The lowest BCUT2D eigenvalue weighted by atomic mass is 9.70. The summed E-state index contributed by atoms with van der Waals surface area (Å²) >= 11 is 0. The standard InChI is InChI=1S/C14H29N/c1-5-12-8-6-7-9-13(12)14(15)11(4)10(2)3/h10-14H,5-9,15H2,1-4H3. The first-order valence-electron chi connectivity index (χ1n) is 6.83. The van der Waals surface area contributed by atoms with Crippen molar-refractivity contribution in [2.75, 3.05) is 0 Å². The van der Waals surface area contributed by atoms with Crippen LogP contribution in [0.2, 0.25) is 0 Å². The molecule has 0 aromatic carbocycles. The highest BCUT2D eigenvalue weighted by Gasteiger charge is 2.32. The Labute approximate surface area is 95.8 Å². The van der Waals surface area contributed by atoms with Crippen LogP contribution in [0.3, 0.4) is 0 Å². The summed E-state index contributed by atoms with van der Waals surface area (Å²) in [6.45, 7) is 9.26. The maximum atomic E-state index is 6.46. The van der Waals surface area contributed by atoms with Crippen molar-refractivity contribution in [2.24, 2.45) is 29.4 Å². The van der Waals surface area contributed by atoms with Crippen LogP contribution in [-0.2, 0) is 0 Å². The average molecular weight is 211 g/mol. The minimum atomic E-state index is 0.426. The molecule has 0 aromatic heterocycles. The van der Waals surface area contributed by atoms with Gasteiger partial charge in [0.1, 0.15) is 0 Å². The molecule has 4 atom stereocenters. The molecule has 2 N–H and O–H groups in total. The minimum absolute atomic E-state index is 0.426. The van der Waals surface area contributed by atoms with Gasteiger partial charge in [-0.25, -0.2) is 0 Å². The molecule has 1 aliphatic rings. The van der Waals surface area contributed by atoms with Gasteiger partial charge in [0.05, 0.1) is 0 Å². The molecule has 1 rings (SSSR count). The molecule has 0 bridgehead atoms. The topological polar surface area (TPSA) is 26.0 Å². The van der Waals surface area contributed by atoms with Crippen molar-refractivity contribution in [1.29, 1.82) is 0 Å². The molecule has 0 spiro atoms. The second-order valence-electron chi connectivity index (χ2n) is 5.80. The van der Waals surface area contributed by atoms with Crippen LogP contribution in [-0.4, -0.2) is 6.04 Å². The van der Waals surface area contributed by atoms with E-state index in [0.29, 0.717) is 12.0 Å². The third kappa shape index (κ3) is 3.21. The highest BCUT2D eigenvalue weighted by Crippen LogP contribution is 2.36.